The molecule has 0 fully saturated rings. The Morgan fingerprint density at radius 2 is 0.457 bits per heavy atom. The summed E-state index contributed by atoms with van der Waals surface area (Å²) < 4.78 is 0. The van der Waals surface area contributed by atoms with E-state index in [-0.39, 0.29) is 0 Å². The molecular formula is C42H37BrP2Pd+2. The van der Waals surface area contributed by atoms with Gasteiger partial charge in [0.1, 0.15) is 31.8 Å². The average Bonchev–Trinajstić information content (AvgIpc) is 3.17. The van der Waals surface area contributed by atoms with E-state index in [1.54, 1.807) is 0 Å². The normalized spacial score (nSPS) is 9.93. The van der Waals surface area contributed by atoms with Crippen molar-refractivity contribution in [3.05, 3.63) is 218 Å². The van der Waals surface area contributed by atoms with Gasteiger partial charge in [0.15, 0.2) is 0 Å². The molecule has 0 amide bonds. The van der Waals surface area contributed by atoms with Crippen LogP contribution in [0.1, 0.15) is 0 Å². The van der Waals surface area contributed by atoms with E-state index in [0.717, 1.165) is 0 Å². The summed E-state index contributed by atoms with van der Waals surface area (Å²) >= 11 is 5.35. The van der Waals surface area contributed by atoms with Gasteiger partial charge in [-0.1, -0.05) is 109 Å². The zero-order chi connectivity index (χ0) is 32.1. The maximum absolute atomic E-state index is 2.89. The third-order valence-corrected chi connectivity index (χ3v) is 12.4. The molecular weight excluding hydrogens is 753 g/mol. The number of rotatable bonds is 6. The van der Waals surface area contributed by atoms with Crippen LogP contribution in [0.2, 0.25) is 0 Å². The van der Waals surface area contributed by atoms with E-state index >= 15 is 0 Å². The van der Waals surface area contributed by atoms with Crippen molar-refractivity contribution in [2.45, 2.75) is 0 Å². The van der Waals surface area contributed by atoms with E-state index in [2.05, 4.69) is 219 Å². The van der Waals surface area contributed by atoms with Gasteiger partial charge in [0.05, 0.1) is 15.8 Å². The summed E-state index contributed by atoms with van der Waals surface area (Å²) in [4.78, 5) is 0. The second kappa shape index (κ2) is 21.4. The Morgan fingerprint density at radius 1 is 0.283 bits per heavy atom. The summed E-state index contributed by atoms with van der Waals surface area (Å²) in [6, 6.07) is 77.5. The zero-order valence-corrected chi connectivity index (χ0v) is 30.5. The molecule has 7 aromatic carbocycles. The van der Waals surface area contributed by atoms with E-state index in [1.807, 2.05) is 30.3 Å². The van der Waals surface area contributed by atoms with Gasteiger partial charge >= 0.3 is 30.6 Å². The Balaban J connectivity index is 0.000000169. The van der Waals surface area contributed by atoms with Crippen LogP contribution in [0.25, 0.3) is 0 Å². The van der Waals surface area contributed by atoms with E-state index in [4.69, 9.17) is 0 Å². The van der Waals surface area contributed by atoms with E-state index in [9.17, 15) is 0 Å². The SMILES string of the molecule is [Br][Pd+].[c-]1ccccc1.c1ccc([PH+](c2ccccc2)c2ccccc2)cc1.c1ccc([PH+](c2ccccc2)c2ccccc2)cc1. The summed E-state index contributed by atoms with van der Waals surface area (Å²) in [6.45, 7) is 0. The first-order valence-electron chi connectivity index (χ1n) is 15.0. The van der Waals surface area contributed by atoms with Crippen molar-refractivity contribution in [3.8, 4) is 0 Å². The van der Waals surface area contributed by atoms with Crippen molar-refractivity contribution >= 4 is 61.1 Å². The monoisotopic (exact) mass is 788 g/mol. The number of benzene rings is 7. The van der Waals surface area contributed by atoms with Crippen molar-refractivity contribution < 1.29 is 17.2 Å². The average molecular weight is 790 g/mol. The van der Waals surface area contributed by atoms with Gasteiger partial charge in [0.25, 0.3) is 0 Å². The zero-order valence-electron chi connectivity index (χ0n) is 25.4. The van der Waals surface area contributed by atoms with Crippen LogP contribution in [0, 0.1) is 6.07 Å². The molecule has 7 aromatic rings. The van der Waals surface area contributed by atoms with Crippen molar-refractivity contribution in [1.82, 2.24) is 0 Å². The second-order valence-electron chi connectivity index (χ2n) is 10.0. The van der Waals surface area contributed by atoms with Gasteiger partial charge in [0.2, 0.25) is 0 Å². The Kier molecular flexibility index (Phi) is 16.4. The van der Waals surface area contributed by atoms with Crippen molar-refractivity contribution in [3.63, 3.8) is 0 Å². The van der Waals surface area contributed by atoms with Crippen LogP contribution in [0.15, 0.2) is 212 Å². The molecule has 0 N–H and O–H groups in total. The van der Waals surface area contributed by atoms with Gasteiger partial charge in [-0.3, -0.25) is 0 Å². The standard InChI is InChI=1S/2C18H15P.C6H5.BrH.Pd/c2*1-4-10-16(11-5-1)19(17-12-6-2-7-13-17)18-14-8-3-9-15-18;1-2-4-6-5-3-1;;/h2*1-15H;1-5H;1H;/q;;-1;;+2/p+1. The summed E-state index contributed by atoms with van der Waals surface area (Å²) in [5.41, 5.74) is 0. The first-order chi connectivity index (χ1) is 22.9. The Hall–Kier alpha value is -3.46. The van der Waals surface area contributed by atoms with Gasteiger partial charge in [-0.15, -0.1) is 0 Å². The first kappa shape index (κ1) is 35.4. The maximum Gasteiger partial charge on any atom is 0.102 e. The molecule has 0 aliphatic heterocycles. The van der Waals surface area contributed by atoms with Gasteiger partial charge in [-0.2, -0.15) is 36.4 Å². The molecule has 0 aliphatic rings. The van der Waals surface area contributed by atoms with Crippen molar-refractivity contribution in [2.24, 2.45) is 0 Å². The predicted octanol–water partition coefficient (Wildman–Crippen LogP) is 8.68. The summed E-state index contributed by atoms with van der Waals surface area (Å²) in [6.07, 6.45) is 0. The maximum atomic E-state index is 2.89. The third-order valence-electron chi connectivity index (χ3n) is 6.98. The molecule has 7 rings (SSSR count). The van der Waals surface area contributed by atoms with Crippen molar-refractivity contribution in [2.75, 3.05) is 0 Å². The van der Waals surface area contributed by atoms with E-state index in [0.29, 0.717) is 0 Å². The number of hydrogen-bond donors (Lipinski definition) is 0. The topological polar surface area (TPSA) is 0 Å². The molecule has 0 nitrogen and oxygen atoms in total. The Morgan fingerprint density at radius 3 is 0.587 bits per heavy atom. The van der Waals surface area contributed by atoms with Crippen LogP contribution in [-0.2, 0) is 17.2 Å². The first-order valence-corrected chi connectivity index (χ1v) is 21.5. The quantitative estimate of drug-likeness (QED) is 0.0900. The molecule has 0 unspecified atom stereocenters. The summed E-state index contributed by atoms with van der Waals surface area (Å²) in [7, 11) is -1.75. The molecule has 0 atom stereocenters. The molecule has 4 heteroatoms. The molecule has 0 aliphatic carbocycles. The molecule has 0 saturated carbocycles. The van der Waals surface area contributed by atoms with Crippen LogP contribution in [0.3, 0.4) is 0 Å². The minimum absolute atomic E-state index is 0.877. The molecule has 0 aromatic heterocycles. The van der Waals surface area contributed by atoms with Gasteiger partial charge in [0, 0.05) is 0 Å². The fourth-order valence-electron chi connectivity index (χ4n) is 4.97. The van der Waals surface area contributed by atoms with Crippen LogP contribution in [0.5, 0.6) is 0 Å². The summed E-state index contributed by atoms with van der Waals surface area (Å²) in [5, 5.41) is 8.61. The fraction of sp³-hybridized carbons (Fsp3) is 0. The molecule has 0 saturated heterocycles. The van der Waals surface area contributed by atoms with Crippen LogP contribution < -0.4 is 31.8 Å². The smallest absolute Gasteiger partial charge is 0.102 e. The number of hydrogen-bond acceptors (Lipinski definition) is 0. The minimum atomic E-state index is -0.877. The summed E-state index contributed by atoms with van der Waals surface area (Å²) in [5.74, 6) is 0. The Labute approximate surface area is 294 Å². The Bertz CT molecular complexity index is 1390. The molecule has 0 bridgehead atoms. The second-order valence-corrected chi connectivity index (χ2v) is 15.0. The molecule has 230 valence electrons. The van der Waals surface area contributed by atoms with E-state index in [1.165, 1.54) is 31.8 Å². The van der Waals surface area contributed by atoms with Crippen LogP contribution in [0.4, 0.5) is 0 Å². The molecule has 0 heterocycles. The van der Waals surface area contributed by atoms with Gasteiger partial charge in [-0.25, -0.2) is 0 Å². The van der Waals surface area contributed by atoms with Gasteiger partial charge in [-0.05, 0) is 72.8 Å². The molecule has 46 heavy (non-hydrogen) atoms. The van der Waals surface area contributed by atoms with Gasteiger partial charge < -0.3 is 0 Å². The van der Waals surface area contributed by atoms with Crippen LogP contribution >= 0.6 is 29.3 Å². The number of halogens is 1. The molecule has 0 spiro atoms. The minimum Gasteiger partial charge on any atom is -0.184 e. The molecule has 0 radical (unpaired) electrons. The van der Waals surface area contributed by atoms with Crippen molar-refractivity contribution in [1.29, 1.82) is 0 Å². The predicted molar refractivity (Wildman–Crippen MR) is 207 cm³/mol. The fourth-order valence-corrected chi connectivity index (χ4v) is 10.1. The largest absolute Gasteiger partial charge is 0.184 e. The third kappa shape index (κ3) is 11.4. The van der Waals surface area contributed by atoms with Crippen LogP contribution in [-0.4, -0.2) is 0 Å². The van der Waals surface area contributed by atoms with E-state index < -0.39 is 15.8 Å².